The number of amidine groups is 2. The summed E-state index contributed by atoms with van der Waals surface area (Å²) < 4.78 is 13.4. The fourth-order valence-corrected chi connectivity index (χ4v) is 2.69. The number of nitrogens with one attached hydrogen (secondary N) is 3. The zero-order valence-electron chi connectivity index (χ0n) is 18.4. The number of aromatic amines is 1. The SMILES string of the molecule is COC(=O)NC(S)=Nc1ccccc1N=C(S)NC(=O)OC.NC(=O)Oc1nc2ccccc2[nH]1. The van der Waals surface area contributed by atoms with Crippen molar-refractivity contribution in [3.8, 4) is 6.01 Å². The van der Waals surface area contributed by atoms with Crippen LogP contribution in [0, 0.1) is 0 Å². The predicted octanol–water partition coefficient (Wildman–Crippen LogP) is 3.25. The second-order valence-corrected chi connectivity index (χ2v) is 6.92. The summed E-state index contributed by atoms with van der Waals surface area (Å²) in [6.07, 6.45) is -2.27. The standard InChI is InChI=1S/C12H14N4O4S2.C8H7N3O2/c1-19-11(17)15-9(21)13-7-5-3-4-6-8(7)14-10(22)16-12(18)20-2;9-7(12)13-8-10-5-3-1-2-4-6(5)11-8/h3-6H,1-2H3,(H2,13,15,17,21)(H2,14,16,18,22);1-4H,(H2,9,12)(H,10,11). The number of nitrogens with zero attached hydrogens (tertiary/aromatic N) is 3. The Morgan fingerprint density at radius 2 is 1.37 bits per heavy atom. The number of hydrogen-bond acceptors (Lipinski definition) is 9. The molecule has 184 valence electrons. The molecular weight excluding hydrogens is 498 g/mol. The maximum Gasteiger partial charge on any atom is 0.412 e. The first-order chi connectivity index (χ1) is 16.7. The van der Waals surface area contributed by atoms with Gasteiger partial charge in [0.1, 0.15) is 0 Å². The number of ether oxygens (including phenoxy) is 3. The lowest BCUT2D eigenvalue weighted by atomic mass is 10.3. The number of amides is 3. The third-order valence-electron chi connectivity index (χ3n) is 3.70. The second-order valence-electron chi connectivity index (χ2n) is 6.07. The van der Waals surface area contributed by atoms with Crippen LogP contribution in [0.25, 0.3) is 11.0 Å². The minimum atomic E-state index is -0.876. The molecule has 3 aromatic rings. The summed E-state index contributed by atoms with van der Waals surface area (Å²) in [6.45, 7) is 0. The van der Waals surface area contributed by atoms with E-state index in [4.69, 9.17) is 5.73 Å². The number of fused-ring (bicyclic) bond motifs is 1. The van der Waals surface area contributed by atoms with Crippen LogP contribution in [0.3, 0.4) is 0 Å². The molecule has 0 aliphatic rings. The summed E-state index contributed by atoms with van der Waals surface area (Å²) in [7, 11) is 2.45. The molecule has 0 aliphatic heterocycles. The molecule has 15 heteroatoms. The Morgan fingerprint density at radius 1 is 0.886 bits per heavy atom. The molecule has 1 aromatic heterocycles. The van der Waals surface area contributed by atoms with Crippen LogP contribution in [0.1, 0.15) is 0 Å². The Balaban J connectivity index is 0.000000279. The summed E-state index contributed by atoms with van der Waals surface area (Å²) in [5.41, 5.74) is 7.17. The number of aromatic nitrogens is 2. The molecule has 3 rings (SSSR count). The monoisotopic (exact) mass is 519 g/mol. The van der Waals surface area contributed by atoms with Crippen LogP contribution in [-0.2, 0) is 9.47 Å². The van der Waals surface area contributed by atoms with Crippen LogP contribution in [0.2, 0.25) is 0 Å². The van der Waals surface area contributed by atoms with E-state index in [0.717, 1.165) is 11.0 Å². The molecule has 2 aromatic carbocycles. The largest absolute Gasteiger partial charge is 0.453 e. The molecule has 3 amide bonds. The smallest absolute Gasteiger partial charge is 0.412 e. The Kier molecular flexibility index (Phi) is 10.4. The van der Waals surface area contributed by atoms with Crippen molar-refractivity contribution in [2.45, 2.75) is 0 Å². The highest BCUT2D eigenvalue weighted by Gasteiger charge is 2.07. The van der Waals surface area contributed by atoms with Gasteiger partial charge in [0.2, 0.25) is 0 Å². The van der Waals surface area contributed by atoms with Gasteiger partial charge >= 0.3 is 24.3 Å². The third-order valence-corrected chi connectivity index (χ3v) is 4.12. The van der Waals surface area contributed by atoms with Crippen molar-refractivity contribution in [2.75, 3.05) is 14.2 Å². The number of carbonyl (C=O) groups excluding carboxylic acids is 3. The highest BCUT2D eigenvalue weighted by atomic mass is 32.1. The van der Waals surface area contributed by atoms with Gasteiger partial charge in [-0.1, -0.05) is 24.3 Å². The minimum Gasteiger partial charge on any atom is -0.453 e. The summed E-state index contributed by atoms with van der Waals surface area (Å²) in [5.74, 6) is 0. The van der Waals surface area contributed by atoms with Crippen LogP contribution in [0.4, 0.5) is 25.8 Å². The van der Waals surface area contributed by atoms with Crippen molar-refractivity contribution in [1.29, 1.82) is 0 Å². The zero-order chi connectivity index (χ0) is 25.8. The number of primary amides is 1. The van der Waals surface area contributed by atoms with E-state index >= 15 is 0 Å². The molecule has 1 heterocycles. The Hall–Kier alpha value is -4.24. The number of alkyl carbamates (subject to hydrolysis) is 2. The molecule has 0 spiro atoms. The van der Waals surface area contributed by atoms with Crippen LogP contribution in [0.5, 0.6) is 6.01 Å². The molecule has 0 unspecified atom stereocenters. The topological polar surface area (TPSA) is 182 Å². The van der Waals surface area contributed by atoms with Gasteiger partial charge < -0.3 is 24.9 Å². The molecule has 13 nitrogen and oxygen atoms in total. The Bertz CT molecular complexity index is 1180. The van der Waals surface area contributed by atoms with E-state index in [0.29, 0.717) is 11.4 Å². The summed E-state index contributed by atoms with van der Waals surface area (Å²) in [5, 5.41) is 4.64. The summed E-state index contributed by atoms with van der Waals surface area (Å²) in [6, 6.07) is 14.2. The Morgan fingerprint density at radius 3 is 1.83 bits per heavy atom. The Labute approximate surface area is 210 Å². The second kappa shape index (κ2) is 13.5. The number of carbonyl (C=O) groups is 3. The van der Waals surface area contributed by atoms with E-state index in [1.807, 2.05) is 18.2 Å². The van der Waals surface area contributed by atoms with Gasteiger partial charge in [0.05, 0.1) is 36.6 Å². The number of hydrogen-bond donors (Lipinski definition) is 6. The first-order valence-electron chi connectivity index (χ1n) is 9.48. The van der Waals surface area contributed by atoms with E-state index in [2.05, 4.69) is 70.1 Å². The summed E-state index contributed by atoms with van der Waals surface area (Å²) in [4.78, 5) is 47.4. The van der Waals surface area contributed by atoms with Gasteiger partial charge in [-0.25, -0.2) is 24.4 Å². The fourth-order valence-electron chi connectivity index (χ4n) is 2.29. The van der Waals surface area contributed by atoms with Gasteiger partial charge in [0.25, 0.3) is 0 Å². The third kappa shape index (κ3) is 9.26. The van der Waals surface area contributed by atoms with E-state index < -0.39 is 18.3 Å². The molecule has 0 bridgehead atoms. The number of rotatable bonds is 3. The lowest BCUT2D eigenvalue weighted by Crippen LogP contribution is -2.26. The number of nitrogens with two attached hydrogens (primary N) is 1. The number of thiol groups is 2. The van der Waals surface area contributed by atoms with Gasteiger partial charge in [-0.05, 0) is 24.3 Å². The van der Waals surface area contributed by atoms with E-state index in [1.54, 1.807) is 30.3 Å². The van der Waals surface area contributed by atoms with Gasteiger partial charge in [-0.3, -0.25) is 10.6 Å². The lowest BCUT2D eigenvalue weighted by molar-refractivity contribution is 0.176. The predicted molar refractivity (Wildman–Crippen MR) is 136 cm³/mol. The quantitative estimate of drug-likeness (QED) is 0.174. The molecule has 0 atom stereocenters. The van der Waals surface area contributed by atoms with Crippen LogP contribution in [0.15, 0.2) is 58.5 Å². The molecule has 0 saturated heterocycles. The van der Waals surface area contributed by atoms with Crippen LogP contribution in [-0.4, -0.2) is 52.8 Å². The maximum absolute atomic E-state index is 11.1. The normalized spacial score (nSPS) is 11.1. The summed E-state index contributed by atoms with van der Waals surface area (Å²) >= 11 is 8.05. The van der Waals surface area contributed by atoms with Crippen molar-refractivity contribution >= 4 is 76.3 Å². The van der Waals surface area contributed by atoms with Gasteiger partial charge in [0.15, 0.2) is 10.3 Å². The molecule has 35 heavy (non-hydrogen) atoms. The highest BCUT2D eigenvalue weighted by Crippen LogP contribution is 2.28. The molecule has 0 fully saturated rings. The van der Waals surface area contributed by atoms with E-state index in [-0.39, 0.29) is 16.3 Å². The van der Waals surface area contributed by atoms with Gasteiger partial charge in [0, 0.05) is 0 Å². The number of para-hydroxylation sites is 4. The lowest BCUT2D eigenvalue weighted by Gasteiger charge is -2.05. The number of H-pyrrole nitrogens is 1. The van der Waals surface area contributed by atoms with E-state index in [1.165, 1.54) is 14.2 Å². The van der Waals surface area contributed by atoms with Crippen molar-refractivity contribution < 1.29 is 28.6 Å². The maximum atomic E-state index is 11.1. The van der Waals surface area contributed by atoms with Gasteiger partial charge in [-0.15, -0.1) is 25.3 Å². The average Bonchev–Trinajstić information content (AvgIpc) is 3.22. The first-order valence-corrected chi connectivity index (χ1v) is 10.4. The number of benzene rings is 2. The van der Waals surface area contributed by atoms with Crippen molar-refractivity contribution in [1.82, 2.24) is 20.6 Å². The average molecular weight is 520 g/mol. The molecule has 0 aliphatic carbocycles. The van der Waals surface area contributed by atoms with Crippen molar-refractivity contribution in [3.05, 3.63) is 48.5 Å². The van der Waals surface area contributed by atoms with Gasteiger partial charge in [-0.2, -0.15) is 4.98 Å². The van der Waals surface area contributed by atoms with Crippen LogP contribution >= 0.6 is 25.3 Å². The molecule has 0 saturated carbocycles. The fraction of sp³-hybridized carbons (Fsp3) is 0.100. The highest BCUT2D eigenvalue weighted by molar-refractivity contribution is 7.97. The zero-order valence-corrected chi connectivity index (χ0v) is 20.2. The molecule has 5 N–H and O–H groups in total. The molecule has 0 radical (unpaired) electrons. The number of aliphatic imine (C=N–C) groups is 2. The van der Waals surface area contributed by atoms with Crippen molar-refractivity contribution in [2.24, 2.45) is 15.7 Å². The molecular formula is C20H21N7O6S2. The number of imidazole rings is 1. The first kappa shape index (κ1) is 27.0. The minimum absolute atomic E-state index is 0.0242. The van der Waals surface area contributed by atoms with E-state index in [9.17, 15) is 14.4 Å². The van der Waals surface area contributed by atoms with Crippen LogP contribution < -0.4 is 21.1 Å². The van der Waals surface area contributed by atoms with Crippen molar-refractivity contribution in [3.63, 3.8) is 0 Å². The number of methoxy groups -OCH3 is 2.